The average molecular weight is 171 g/mol. The summed E-state index contributed by atoms with van der Waals surface area (Å²) in [6.07, 6.45) is 1.01. The smallest absolute Gasteiger partial charge is 0.106 e. The zero-order chi connectivity index (χ0) is 9.78. The zero-order valence-corrected chi connectivity index (χ0v) is 9.14. The molecule has 72 valence electrons. The first-order valence-electron chi connectivity index (χ1n) is 4.48. The molecule has 0 rings (SSSR count). The van der Waals surface area contributed by atoms with E-state index in [4.69, 9.17) is 4.84 Å². The fraction of sp³-hybridized carbons (Fsp3) is 0.900. The third-order valence-corrected chi connectivity index (χ3v) is 1.67. The maximum absolute atomic E-state index is 4.82. The van der Waals surface area contributed by atoms with Crippen LogP contribution in [0, 0.1) is 11.3 Å². The molecule has 2 heteroatoms. The van der Waals surface area contributed by atoms with Gasteiger partial charge in [-0.2, -0.15) is 0 Å². The molecule has 0 heterocycles. The van der Waals surface area contributed by atoms with E-state index in [9.17, 15) is 0 Å². The van der Waals surface area contributed by atoms with E-state index in [1.165, 1.54) is 0 Å². The van der Waals surface area contributed by atoms with Crippen LogP contribution in [0.1, 0.15) is 41.0 Å². The quantitative estimate of drug-likeness (QED) is 0.472. The van der Waals surface area contributed by atoms with Crippen molar-refractivity contribution in [1.29, 1.82) is 0 Å². The molecule has 0 saturated heterocycles. The van der Waals surface area contributed by atoms with Crippen molar-refractivity contribution in [2.24, 2.45) is 16.5 Å². The fourth-order valence-electron chi connectivity index (χ4n) is 0.977. The van der Waals surface area contributed by atoms with Crippen molar-refractivity contribution in [1.82, 2.24) is 0 Å². The predicted octanol–water partition coefficient (Wildman–Crippen LogP) is 3.08. The molecule has 0 aromatic rings. The molecule has 0 aromatic heterocycles. The average Bonchev–Trinajstić information content (AvgIpc) is 1.83. The zero-order valence-electron chi connectivity index (χ0n) is 9.14. The summed E-state index contributed by atoms with van der Waals surface area (Å²) in [6.45, 7) is 10.9. The Hall–Kier alpha value is -0.530. The van der Waals surface area contributed by atoms with E-state index in [2.05, 4.69) is 39.8 Å². The second kappa shape index (κ2) is 4.48. The number of nitrogens with zero attached hydrogens (tertiary/aromatic N) is 1. The van der Waals surface area contributed by atoms with Crippen LogP contribution in [-0.2, 0) is 4.84 Å². The van der Waals surface area contributed by atoms with Crippen LogP contribution in [0.25, 0.3) is 0 Å². The van der Waals surface area contributed by atoms with Gasteiger partial charge in [-0.1, -0.05) is 39.8 Å². The summed E-state index contributed by atoms with van der Waals surface area (Å²) >= 11 is 0. The molecule has 0 saturated carbocycles. The Balaban J connectivity index is 4.35. The van der Waals surface area contributed by atoms with Crippen molar-refractivity contribution >= 4 is 5.71 Å². The summed E-state index contributed by atoms with van der Waals surface area (Å²) in [4.78, 5) is 4.82. The van der Waals surface area contributed by atoms with Gasteiger partial charge in [-0.15, -0.1) is 0 Å². The lowest BCUT2D eigenvalue weighted by Gasteiger charge is -2.21. The first kappa shape index (κ1) is 11.5. The Morgan fingerprint density at radius 3 is 2.08 bits per heavy atom. The molecule has 0 bridgehead atoms. The highest BCUT2D eigenvalue weighted by molar-refractivity contribution is 5.88. The first-order valence-corrected chi connectivity index (χ1v) is 4.48. The van der Waals surface area contributed by atoms with Gasteiger partial charge < -0.3 is 4.84 Å². The van der Waals surface area contributed by atoms with Gasteiger partial charge in [0.2, 0.25) is 0 Å². The molecule has 0 amide bonds. The van der Waals surface area contributed by atoms with Crippen molar-refractivity contribution in [3.63, 3.8) is 0 Å². The predicted molar refractivity (Wildman–Crippen MR) is 53.4 cm³/mol. The minimum atomic E-state index is 0.125. The molecule has 0 aliphatic heterocycles. The second-order valence-electron chi connectivity index (χ2n) is 4.57. The van der Waals surface area contributed by atoms with E-state index < -0.39 is 0 Å². The largest absolute Gasteiger partial charge is 0.399 e. The van der Waals surface area contributed by atoms with E-state index in [1.54, 1.807) is 7.11 Å². The molecule has 0 aromatic carbocycles. The van der Waals surface area contributed by atoms with Crippen molar-refractivity contribution in [2.45, 2.75) is 41.0 Å². The Bertz CT molecular complexity index is 154. The number of oxime groups is 1. The van der Waals surface area contributed by atoms with Gasteiger partial charge in [0.15, 0.2) is 0 Å². The highest BCUT2D eigenvalue weighted by Gasteiger charge is 2.20. The van der Waals surface area contributed by atoms with Gasteiger partial charge in [0.1, 0.15) is 7.11 Å². The minimum Gasteiger partial charge on any atom is -0.399 e. The van der Waals surface area contributed by atoms with Crippen molar-refractivity contribution in [2.75, 3.05) is 7.11 Å². The molecular formula is C10H21NO. The lowest BCUT2D eigenvalue weighted by molar-refractivity contribution is 0.207. The van der Waals surface area contributed by atoms with Gasteiger partial charge >= 0.3 is 0 Å². The molecule has 0 fully saturated rings. The summed E-state index contributed by atoms with van der Waals surface area (Å²) in [5.74, 6) is 0.637. The maximum atomic E-state index is 4.82. The fourth-order valence-corrected chi connectivity index (χ4v) is 0.977. The lowest BCUT2D eigenvalue weighted by atomic mass is 9.85. The topological polar surface area (TPSA) is 21.6 Å². The van der Waals surface area contributed by atoms with Crippen LogP contribution >= 0.6 is 0 Å². The third kappa shape index (κ3) is 4.37. The first-order chi connectivity index (χ1) is 5.38. The molecule has 0 radical (unpaired) electrons. The van der Waals surface area contributed by atoms with Gasteiger partial charge in [0, 0.05) is 5.41 Å². The molecule has 12 heavy (non-hydrogen) atoms. The van der Waals surface area contributed by atoms with Gasteiger partial charge in [0.05, 0.1) is 5.71 Å². The van der Waals surface area contributed by atoms with Crippen LogP contribution in [-0.4, -0.2) is 12.8 Å². The molecule has 2 nitrogen and oxygen atoms in total. The standard InChI is InChI=1S/C10H21NO/c1-8(2)7-9(11-12-6)10(3,4)5/h8H,7H2,1-6H3. The van der Waals surface area contributed by atoms with Crippen LogP contribution in [0.4, 0.5) is 0 Å². The number of hydrogen-bond acceptors (Lipinski definition) is 2. The highest BCUT2D eigenvalue weighted by Crippen LogP contribution is 2.21. The molecule has 0 atom stereocenters. The molecule has 0 N–H and O–H groups in total. The van der Waals surface area contributed by atoms with Crippen LogP contribution in [0.5, 0.6) is 0 Å². The second-order valence-corrected chi connectivity index (χ2v) is 4.57. The van der Waals surface area contributed by atoms with Crippen LogP contribution < -0.4 is 0 Å². The summed E-state index contributed by atoms with van der Waals surface area (Å²) in [6, 6.07) is 0. The molecule has 0 unspecified atom stereocenters. The normalized spacial score (nSPS) is 13.8. The van der Waals surface area contributed by atoms with E-state index >= 15 is 0 Å². The summed E-state index contributed by atoms with van der Waals surface area (Å²) in [5, 5.41) is 4.05. The highest BCUT2D eigenvalue weighted by atomic mass is 16.6. The Labute approximate surface area is 76.0 Å². The van der Waals surface area contributed by atoms with E-state index in [0.29, 0.717) is 5.92 Å². The number of rotatable bonds is 3. The SMILES string of the molecule is CON=C(CC(C)C)C(C)(C)C. The monoisotopic (exact) mass is 171 g/mol. The maximum Gasteiger partial charge on any atom is 0.106 e. The van der Waals surface area contributed by atoms with Crippen molar-refractivity contribution in [3.8, 4) is 0 Å². The molecule has 0 aliphatic rings. The van der Waals surface area contributed by atoms with Gasteiger partial charge in [-0.3, -0.25) is 0 Å². The Kier molecular flexibility index (Phi) is 4.29. The van der Waals surface area contributed by atoms with E-state index in [-0.39, 0.29) is 5.41 Å². The third-order valence-electron chi connectivity index (χ3n) is 1.67. The summed E-state index contributed by atoms with van der Waals surface area (Å²) < 4.78 is 0. The molecular weight excluding hydrogens is 150 g/mol. The van der Waals surface area contributed by atoms with Crippen LogP contribution in [0.3, 0.4) is 0 Å². The minimum absolute atomic E-state index is 0.125. The number of hydrogen-bond donors (Lipinski definition) is 0. The van der Waals surface area contributed by atoms with Crippen LogP contribution in [0.2, 0.25) is 0 Å². The van der Waals surface area contributed by atoms with Gasteiger partial charge in [0.25, 0.3) is 0 Å². The van der Waals surface area contributed by atoms with E-state index in [1.807, 2.05) is 0 Å². The summed E-state index contributed by atoms with van der Waals surface area (Å²) in [5.41, 5.74) is 1.26. The van der Waals surface area contributed by atoms with Gasteiger partial charge in [-0.05, 0) is 12.3 Å². The van der Waals surface area contributed by atoms with Crippen molar-refractivity contribution < 1.29 is 4.84 Å². The van der Waals surface area contributed by atoms with Crippen molar-refractivity contribution in [3.05, 3.63) is 0 Å². The lowest BCUT2D eigenvalue weighted by Crippen LogP contribution is -2.22. The molecule has 0 aliphatic carbocycles. The van der Waals surface area contributed by atoms with E-state index in [0.717, 1.165) is 12.1 Å². The van der Waals surface area contributed by atoms with Gasteiger partial charge in [-0.25, -0.2) is 0 Å². The van der Waals surface area contributed by atoms with Crippen LogP contribution in [0.15, 0.2) is 5.16 Å². The summed E-state index contributed by atoms with van der Waals surface area (Å²) in [7, 11) is 1.60. The Morgan fingerprint density at radius 1 is 1.33 bits per heavy atom. The molecule has 0 spiro atoms. The Morgan fingerprint density at radius 2 is 1.83 bits per heavy atom.